The Hall–Kier alpha value is -2.49. The van der Waals surface area contributed by atoms with E-state index in [1.807, 2.05) is 0 Å². The first-order valence-corrected chi connectivity index (χ1v) is 5.32. The highest BCUT2D eigenvalue weighted by Gasteiger charge is 2.21. The summed E-state index contributed by atoms with van der Waals surface area (Å²) in [4.78, 5) is 11.7. The van der Waals surface area contributed by atoms with E-state index in [0.717, 1.165) is 0 Å². The van der Waals surface area contributed by atoms with Gasteiger partial charge in [-0.05, 0) is 17.2 Å². The molecule has 0 bridgehead atoms. The van der Waals surface area contributed by atoms with Gasteiger partial charge in [0.25, 0.3) is 0 Å². The molecule has 0 amide bonds. The Morgan fingerprint density at radius 3 is 2.84 bits per heavy atom. The third-order valence-electron chi connectivity index (χ3n) is 2.30. The second-order valence-electron chi connectivity index (χ2n) is 3.54. The predicted octanol–water partition coefficient (Wildman–Crippen LogP) is -0.656. The third kappa shape index (κ3) is 2.52. The average molecular weight is 268 g/mol. The second kappa shape index (κ2) is 5.44. The molecule has 0 spiro atoms. The zero-order valence-electron chi connectivity index (χ0n) is 10.4. The topological polar surface area (TPSA) is 131 Å². The number of carbonyl (C=O) groups is 1. The van der Waals surface area contributed by atoms with Crippen LogP contribution in [0.4, 0.5) is 5.82 Å². The first-order valence-electron chi connectivity index (χ1n) is 5.32. The Labute approximate surface area is 107 Å². The number of anilines is 1. The van der Waals surface area contributed by atoms with E-state index in [2.05, 4.69) is 25.3 Å². The SMILES string of the molecule is COCCOC(=O)c1nnn(-c2nonc2N)c1C. The van der Waals surface area contributed by atoms with E-state index in [1.165, 1.54) is 11.8 Å². The monoisotopic (exact) mass is 268 g/mol. The molecule has 2 aromatic heterocycles. The summed E-state index contributed by atoms with van der Waals surface area (Å²) >= 11 is 0. The Morgan fingerprint density at radius 2 is 2.21 bits per heavy atom. The van der Waals surface area contributed by atoms with Crippen LogP contribution in [0.15, 0.2) is 4.63 Å². The minimum Gasteiger partial charge on any atom is -0.458 e. The maximum Gasteiger partial charge on any atom is 0.360 e. The number of methoxy groups -OCH3 is 1. The van der Waals surface area contributed by atoms with E-state index in [4.69, 9.17) is 15.2 Å². The molecule has 0 aliphatic carbocycles. The zero-order valence-corrected chi connectivity index (χ0v) is 10.4. The van der Waals surface area contributed by atoms with Gasteiger partial charge in [0.1, 0.15) is 6.61 Å². The molecular weight excluding hydrogens is 256 g/mol. The van der Waals surface area contributed by atoms with E-state index in [0.29, 0.717) is 12.3 Å². The normalized spacial score (nSPS) is 10.6. The first kappa shape index (κ1) is 13.0. The third-order valence-corrected chi connectivity index (χ3v) is 2.30. The summed E-state index contributed by atoms with van der Waals surface area (Å²) in [6, 6.07) is 0. The molecule has 2 N–H and O–H groups in total. The summed E-state index contributed by atoms with van der Waals surface area (Å²) in [5.41, 5.74) is 6.03. The molecule has 0 radical (unpaired) electrons. The molecule has 2 rings (SSSR count). The van der Waals surface area contributed by atoms with Gasteiger partial charge in [0.05, 0.1) is 12.3 Å². The highest BCUT2D eigenvalue weighted by atomic mass is 16.6. The van der Waals surface area contributed by atoms with Gasteiger partial charge in [0.15, 0.2) is 5.69 Å². The fraction of sp³-hybridized carbons (Fsp3) is 0.444. The van der Waals surface area contributed by atoms with Crippen molar-refractivity contribution >= 4 is 11.8 Å². The predicted molar refractivity (Wildman–Crippen MR) is 60.5 cm³/mol. The van der Waals surface area contributed by atoms with Crippen molar-refractivity contribution in [2.75, 3.05) is 26.1 Å². The molecule has 0 aliphatic rings. The quantitative estimate of drug-likeness (QED) is 0.554. The molecule has 102 valence electrons. The molecule has 0 saturated carbocycles. The molecule has 19 heavy (non-hydrogen) atoms. The molecule has 0 aliphatic heterocycles. The second-order valence-corrected chi connectivity index (χ2v) is 3.54. The van der Waals surface area contributed by atoms with Gasteiger partial charge in [-0.15, -0.1) is 5.10 Å². The lowest BCUT2D eigenvalue weighted by molar-refractivity contribution is 0.0380. The van der Waals surface area contributed by atoms with Crippen molar-refractivity contribution in [1.29, 1.82) is 0 Å². The zero-order chi connectivity index (χ0) is 13.8. The fourth-order valence-corrected chi connectivity index (χ4v) is 1.34. The van der Waals surface area contributed by atoms with Gasteiger partial charge in [0, 0.05) is 7.11 Å². The van der Waals surface area contributed by atoms with Crippen LogP contribution in [-0.4, -0.2) is 51.6 Å². The van der Waals surface area contributed by atoms with Crippen LogP contribution < -0.4 is 5.73 Å². The number of hydrogen-bond acceptors (Lipinski definition) is 9. The Balaban J connectivity index is 2.19. The van der Waals surface area contributed by atoms with Crippen LogP contribution in [0.3, 0.4) is 0 Å². The minimum absolute atomic E-state index is 0.0484. The number of nitrogens with two attached hydrogens (primary N) is 1. The van der Waals surface area contributed by atoms with Crippen LogP contribution in [-0.2, 0) is 9.47 Å². The fourth-order valence-electron chi connectivity index (χ4n) is 1.34. The maximum atomic E-state index is 11.7. The lowest BCUT2D eigenvalue weighted by Gasteiger charge is -2.02. The van der Waals surface area contributed by atoms with Gasteiger partial charge in [-0.25, -0.2) is 9.42 Å². The Bertz CT molecular complexity index is 577. The number of rotatable bonds is 5. The average Bonchev–Trinajstić information content (AvgIpc) is 2.95. The number of esters is 1. The van der Waals surface area contributed by atoms with Crippen molar-refractivity contribution in [2.45, 2.75) is 6.92 Å². The molecule has 2 aromatic rings. The molecular formula is C9H12N6O4. The highest BCUT2D eigenvalue weighted by Crippen LogP contribution is 2.14. The van der Waals surface area contributed by atoms with Crippen LogP contribution in [0.5, 0.6) is 0 Å². The van der Waals surface area contributed by atoms with Gasteiger partial charge in [-0.3, -0.25) is 0 Å². The summed E-state index contributed by atoms with van der Waals surface area (Å²) in [6.45, 7) is 2.06. The smallest absolute Gasteiger partial charge is 0.360 e. The molecule has 0 unspecified atom stereocenters. The van der Waals surface area contributed by atoms with Gasteiger partial charge < -0.3 is 15.2 Å². The van der Waals surface area contributed by atoms with Crippen molar-refractivity contribution in [2.24, 2.45) is 0 Å². The number of ether oxygens (including phenoxy) is 2. The number of aromatic nitrogens is 5. The van der Waals surface area contributed by atoms with Crippen molar-refractivity contribution in [3.63, 3.8) is 0 Å². The summed E-state index contributed by atoms with van der Waals surface area (Å²) in [6.07, 6.45) is 0. The van der Waals surface area contributed by atoms with Crippen molar-refractivity contribution < 1.29 is 18.9 Å². The Kier molecular flexibility index (Phi) is 3.71. The molecule has 0 saturated heterocycles. The molecule has 0 fully saturated rings. The van der Waals surface area contributed by atoms with E-state index in [1.54, 1.807) is 6.92 Å². The van der Waals surface area contributed by atoms with Crippen LogP contribution in [0.25, 0.3) is 5.82 Å². The van der Waals surface area contributed by atoms with Gasteiger partial charge >= 0.3 is 5.97 Å². The van der Waals surface area contributed by atoms with E-state index >= 15 is 0 Å². The largest absolute Gasteiger partial charge is 0.458 e. The Morgan fingerprint density at radius 1 is 1.42 bits per heavy atom. The van der Waals surface area contributed by atoms with Gasteiger partial charge in [0.2, 0.25) is 11.6 Å². The molecule has 10 nitrogen and oxygen atoms in total. The van der Waals surface area contributed by atoms with Gasteiger partial charge in [-0.1, -0.05) is 5.21 Å². The number of hydrogen-bond donors (Lipinski definition) is 1. The summed E-state index contributed by atoms with van der Waals surface area (Å²) < 4.78 is 15.4. The standard InChI is InChI=1S/C9H12N6O4/c1-5-6(9(16)18-4-3-17-2)11-14-15(5)8-7(10)12-19-13-8/h3-4H2,1-2H3,(H2,10,12). The molecule has 0 aromatic carbocycles. The minimum atomic E-state index is -0.601. The van der Waals surface area contributed by atoms with Crippen molar-refractivity contribution in [3.8, 4) is 5.82 Å². The van der Waals surface area contributed by atoms with Crippen LogP contribution in [0, 0.1) is 6.92 Å². The lowest BCUT2D eigenvalue weighted by Crippen LogP contribution is -2.12. The molecule has 10 heteroatoms. The lowest BCUT2D eigenvalue weighted by atomic mass is 10.3. The number of nitrogen functional groups attached to an aromatic ring is 1. The molecule has 2 heterocycles. The van der Waals surface area contributed by atoms with E-state index in [9.17, 15) is 4.79 Å². The highest BCUT2D eigenvalue weighted by molar-refractivity contribution is 5.88. The summed E-state index contributed by atoms with van der Waals surface area (Å²) in [7, 11) is 1.51. The molecule has 0 atom stereocenters. The van der Waals surface area contributed by atoms with E-state index in [-0.39, 0.29) is 23.9 Å². The van der Waals surface area contributed by atoms with Crippen LogP contribution in [0.2, 0.25) is 0 Å². The summed E-state index contributed by atoms with van der Waals surface area (Å²) in [5, 5.41) is 14.5. The van der Waals surface area contributed by atoms with Crippen LogP contribution >= 0.6 is 0 Å². The number of carbonyl (C=O) groups excluding carboxylic acids is 1. The first-order chi connectivity index (χ1) is 9.15. The number of nitrogens with zero attached hydrogens (tertiary/aromatic N) is 5. The van der Waals surface area contributed by atoms with Crippen LogP contribution in [0.1, 0.15) is 16.2 Å². The summed E-state index contributed by atoms with van der Waals surface area (Å²) in [5.74, 6) is -0.385. The van der Waals surface area contributed by atoms with Gasteiger partial charge in [-0.2, -0.15) is 4.68 Å². The van der Waals surface area contributed by atoms with Crippen molar-refractivity contribution in [1.82, 2.24) is 25.3 Å². The maximum absolute atomic E-state index is 11.7. The van der Waals surface area contributed by atoms with Crippen molar-refractivity contribution in [3.05, 3.63) is 11.4 Å². The van der Waals surface area contributed by atoms with E-state index < -0.39 is 5.97 Å².